The average molecular weight is 577 g/mol. The third-order valence-corrected chi connectivity index (χ3v) is 13.3. The van der Waals surface area contributed by atoms with Crippen molar-refractivity contribution in [2.75, 3.05) is 45.8 Å². The van der Waals surface area contributed by atoms with Crippen molar-refractivity contribution in [3.63, 3.8) is 0 Å². The van der Waals surface area contributed by atoms with Gasteiger partial charge in [-0.3, -0.25) is 4.48 Å². The Kier molecular flexibility index (Phi) is 11.2. The van der Waals surface area contributed by atoms with Crippen molar-refractivity contribution < 1.29 is 52.1 Å². The van der Waals surface area contributed by atoms with Gasteiger partial charge in [0.05, 0.1) is 45.8 Å². The molecule has 2 aliphatic rings. The molecular weight excluding hydrogens is 534 g/mol. The molecule has 2 heterocycles. The van der Waals surface area contributed by atoms with Crippen molar-refractivity contribution in [2.45, 2.75) is 94.3 Å². The summed E-state index contributed by atoms with van der Waals surface area (Å²) in [6.07, 6.45) is 3.80. The van der Waals surface area contributed by atoms with Gasteiger partial charge < -0.3 is 4.48 Å². The summed E-state index contributed by atoms with van der Waals surface area (Å²) in [6, 6.07) is 0. The van der Waals surface area contributed by atoms with Crippen LogP contribution in [-0.2, 0) is 19.7 Å². The van der Waals surface area contributed by atoms with Gasteiger partial charge in [0.2, 0.25) is 0 Å². The topological polar surface area (TPSA) is 68.3 Å². The van der Waals surface area contributed by atoms with Crippen LogP contribution in [0.3, 0.4) is 0 Å². The maximum atomic E-state index is 13.3. The van der Waals surface area contributed by atoms with Crippen molar-refractivity contribution in [2.24, 2.45) is 0 Å². The number of nitrogens with zero attached hydrogens (tertiary/aromatic N) is 2. The van der Waals surface area contributed by atoms with Gasteiger partial charge in [-0.25, -0.2) is 16.8 Å². The molecule has 0 bridgehead atoms. The lowest BCUT2D eigenvalue weighted by atomic mass is 10.2. The van der Waals surface area contributed by atoms with Gasteiger partial charge in [0, 0.05) is 25.7 Å². The van der Waals surface area contributed by atoms with Crippen molar-refractivity contribution in [3.8, 4) is 0 Å². The lowest BCUT2D eigenvalue weighted by molar-refractivity contribution is -0.935. The fourth-order valence-corrected chi connectivity index (χ4v) is 10.9. The van der Waals surface area contributed by atoms with Crippen LogP contribution in [0.4, 0.5) is 26.3 Å². The first-order valence-corrected chi connectivity index (χ1v) is 15.7. The SMILES string of the molecule is CCCCC[N+]1(CC)CCCC1(S(=O)(=O)C(F)(F)F)S(=O)(=O)C(F)(F)F.CCC[N+]1(CC)CCCC1. The smallest absolute Gasteiger partial charge is 0.324 e. The van der Waals surface area contributed by atoms with Gasteiger partial charge in [-0.05, 0) is 33.1 Å². The molecule has 2 fully saturated rings. The van der Waals surface area contributed by atoms with Gasteiger partial charge in [0.1, 0.15) is 0 Å². The third-order valence-electron chi connectivity index (χ3n) is 7.93. The highest BCUT2D eigenvalue weighted by molar-refractivity contribution is 8.10. The molecule has 0 N–H and O–H groups in total. The maximum absolute atomic E-state index is 13.3. The van der Waals surface area contributed by atoms with E-state index in [1.54, 1.807) is 6.92 Å². The van der Waals surface area contributed by atoms with E-state index < -0.39 is 58.9 Å². The standard InChI is InChI=1S/C13H22F6NO4S2.C9H20N/c1-3-5-6-9-20(4-2)10-7-8-11(20,25(21,22)12(14,15)16)26(23,24)13(17,18)19;1-3-7-10(4-2)8-5-6-9-10/h3-10H2,1-2H3;3-9H2,1-2H3/q2*+1. The predicted octanol–water partition coefficient (Wildman–Crippen LogP) is 5.36. The van der Waals surface area contributed by atoms with Gasteiger partial charge in [-0.1, -0.05) is 20.3 Å². The van der Waals surface area contributed by atoms with E-state index >= 15 is 0 Å². The van der Waals surface area contributed by atoms with E-state index in [0.717, 1.165) is 0 Å². The Labute approximate surface area is 212 Å². The molecule has 0 radical (unpaired) electrons. The van der Waals surface area contributed by atoms with Crippen LogP contribution in [0.2, 0.25) is 0 Å². The van der Waals surface area contributed by atoms with Crippen LogP contribution in [0.5, 0.6) is 0 Å². The number of rotatable bonds is 10. The summed E-state index contributed by atoms with van der Waals surface area (Å²) in [5.41, 5.74) is -12.3. The molecule has 2 aliphatic heterocycles. The van der Waals surface area contributed by atoms with Crippen LogP contribution in [0.1, 0.15) is 79.1 Å². The van der Waals surface area contributed by atoms with Crippen LogP contribution >= 0.6 is 0 Å². The average Bonchev–Trinajstić information content (AvgIpc) is 3.39. The summed E-state index contributed by atoms with van der Waals surface area (Å²) in [5.74, 6) is 0. The molecule has 0 saturated carbocycles. The number of likely N-dealkylation sites (tertiary alicyclic amines) is 2. The molecule has 14 heteroatoms. The number of hydrogen-bond donors (Lipinski definition) is 0. The molecule has 216 valence electrons. The second kappa shape index (κ2) is 12.1. The van der Waals surface area contributed by atoms with Crippen molar-refractivity contribution in [3.05, 3.63) is 0 Å². The minimum Gasteiger partial charge on any atom is -0.324 e. The molecule has 0 aromatic heterocycles. The first-order valence-electron chi connectivity index (χ1n) is 12.7. The fourth-order valence-electron chi connectivity index (χ4n) is 5.98. The summed E-state index contributed by atoms with van der Waals surface area (Å²) in [5, 5.41) is 0. The maximum Gasteiger partial charge on any atom is 0.504 e. The van der Waals surface area contributed by atoms with Crippen molar-refractivity contribution >= 4 is 19.7 Å². The zero-order valence-electron chi connectivity index (χ0n) is 21.7. The lowest BCUT2D eigenvalue weighted by Crippen LogP contribution is -2.72. The molecule has 0 spiro atoms. The van der Waals surface area contributed by atoms with Gasteiger partial charge >= 0.3 is 34.9 Å². The monoisotopic (exact) mass is 576 g/mol. The minimum atomic E-state index is -6.67. The summed E-state index contributed by atoms with van der Waals surface area (Å²) < 4.78 is 125. The van der Waals surface area contributed by atoms with E-state index in [1.807, 2.05) is 0 Å². The normalized spacial score (nSPS) is 24.4. The number of hydrogen-bond acceptors (Lipinski definition) is 4. The fraction of sp³-hybridized carbons (Fsp3) is 1.00. The zero-order chi connectivity index (χ0) is 28.1. The summed E-state index contributed by atoms with van der Waals surface area (Å²) in [4.78, 5) is 0. The van der Waals surface area contributed by atoms with E-state index in [1.165, 1.54) is 56.8 Å². The second-order valence-corrected chi connectivity index (χ2v) is 14.4. The number of alkyl halides is 6. The van der Waals surface area contributed by atoms with Crippen LogP contribution in [0.25, 0.3) is 0 Å². The molecule has 0 aliphatic carbocycles. The van der Waals surface area contributed by atoms with Crippen LogP contribution in [-0.4, -0.2) is 86.8 Å². The Morgan fingerprint density at radius 1 is 0.667 bits per heavy atom. The van der Waals surface area contributed by atoms with Gasteiger partial charge in [-0.15, -0.1) is 0 Å². The summed E-state index contributed by atoms with van der Waals surface area (Å²) >= 11 is 0. The first kappa shape index (κ1) is 33.4. The van der Waals surface area contributed by atoms with Crippen molar-refractivity contribution in [1.29, 1.82) is 0 Å². The lowest BCUT2D eigenvalue weighted by Gasteiger charge is -2.46. The van der Waals surface area contributed by atoms with Crippen LogP contribution < -0.4 is 0 Å². The number of halogens is 6. The Hall–Kier alpha value is -0.600. The van der Waals surface area contributed by atoms with Crippen LogP contribution in [0, 0.1) is 0 Å². The van der Waals surface area contributed by atoms with E-state index in [4.69, 9.17) is 0 Å². The molecule has 2 rings (SSSR count). The van der Waals surface area contributed by atoms with Crippen LogP contribution in [0.15, 0.2) is 0 Å². The molecule has 1 unspecified atom stereocenters. The Bertz CT molecular complexity index is 870. The highest BCUT2D eigenvalue weighted by Crippen LogP contribution is 2.54. The molecule has 0 amide bonds. The van der Waals surface area contributed by atoms with E-state index in [0.29, 0.717) is 12.8 Å². The van der Waals surface area contributed by atoms with Crippen molar-refractivity contribution in [1.82, 2.24) is 0 Å². The molecule has 1 atom stereocenters. The molecule has 36 heavy (non-hydrogen) atoms. The molecule has 6 nitrogen and oxygen atoms in total. The molecule has 2 saturated heterocycles. The minimum absolute atomic E-state index is 0.118. The van der Waals surface area contributed by atoms with Gasteiger partial charge in [-0.2, -0.15) is 26.3 Å². The second-order valence-electron chi connectivity index (χ2n) is 9.87. The molecule has 0 aromatic rings. The number of quaternary nitrogens is 2. The van der Waals surface area contributed by atoms with E-state index in [9.17, 15) is 43.2 Å². The van der Waals surface area contributed by atoms with Gasteiger partial charge in [0.15, 0.2) is 0 Å². The van der Waals surface area contributed by atoms with Gasteiger partial charge in [0.25, 0.3) is 0 Å². The zero-order valence-corrected chi connectivity index (χ0v) is 23.4. The number of unbranched alkanes of at least 4 members (excludes halogenated alkanes) is 2. The summed E-state index contributed by atoms with van der Waals surface area (Å²) in [7, 11) is -13.3. The Morgan fingerprint density at radius 3 is 1.53 bits per heavy atom. The van der Waals surface area contributed by atoms with E-state index in [2.05, 4.69) is 13.8 Å². The number of sulfone groups is 2. The quantitative estimate of drug-likeness (QED) is 0.200. The Morgan fingerprint density at radius 2 is 1.17 bits per heavy atom. The highest BCUT2D eigenvalue weighted by Gasteiger charge is 2.82. The largest absolute Gasteiger partial charge is 0.504 e. The predicted molar refractivity (Wildman–Crippen MR) is 127 cm³/mol. The third kappa shape index (κ3) is 5.85. The van der Waals surface area contributed by atoms with E-state index in [-0.39, 0.29) is 19.4 Å². The first-order chi connectivity index (χ1) is 16.4. The molecule has 0 aromatic carbocycles. The molecular formula is C22H42F6N2O4S2+2. The Balaban J connectivity index is 0.000000537. The highest BCUT2D eigenvalue weighted by atomic mass is 32.3. The summed E-state index contributed by atoms with van der Waals surface area (Å²) in [6.45, 7) is 12.0.